The molecule has 12 heteroatoms. The molecule has 3 aromatic heterocycles. The molecule has 30 heavy (non-hydrogen) atoms. The standard InChI is InChI=1S/C18H15F5N4O3/c19-15(20)8-29-11-1-2-26(7-11)17(28)13-4-25-16-12(14-5-24-9-30-14)3-10(6-27(13)16)18(21,22)23/h3-6,9,11,15H,1-2,7-8H2. The summed E-state index contributed by atoms with van der Waals surface area (Å²) in [6.45, 7) is -0.446. The van der Waals surface area contributed by atoms with Crippen LogP contribution in [0.4, 0.5) is 22.0 Å². The molecule has 1 aliphatic rings. The Labute approximate surface area is 166 Å². The number of fused-ring (bicyclic) bond motifs is 1. The lowest BCUT2D eigenvalue weighted by molar-refractivity contribution is -0.137. The number of hydrogen-bond acceptors (Lipinski definition) is 5. The lowest BCUT2D eigenvalue weighted by atomic mass is 10.1. The van der Waals surface area contributed by atoms with Gasteiger partial charge in [-0.05, 0) is 12.5 Å². The molecule has 0 spiro atoms. The molecule has 4 rings (SSSR count). The number of carbonyl (C=O) groups is 1. The van der Waals surface area contributed by atoms with E-state index in [1.165, 1.54) is 17.3 Å². The van der Waals surface area contributed by atoms with Crippen molar-refractivity contribution in [1.29, 1.82) is 0 Å². The van der Waals surface area contributed by atoms with E-state index in [1.54, 1.807) is 0 Å². The number of likely N-dealkylation sites (tertiary alicyclic amines) is 1. The first-order valence-corrected chi connectivity index (χ1v) is 8.90. The highest BCUT2D eigenvalue weighted by atomic mass is 19.4. The predicted molar refractivity (Wildman–Crippen MR) is 92.0 cm³/mol. The molecule has 1 amide bonds. The summed E-state index contributed by atoms with van der Waals surface area (Å²) in [5, 5.41) is 0. The molecule has 1 saturated heterocycles. The number of halogens is 5. The van der Waals surface area contributed by atoms with Crippen LogP contribution in [-0.4, -0.2) is 57.4 Å². The molecule has 0 N–H and O–H groups in total. The van der Waals surface area contributed by atoms with Gasteiger partial charge in [0.1, 0.15) is 17.9 Å². The van der Waals surface area contributed by atoms with Crippen molar-refractivity contribution in [1.82, 2.24) is 19.3 Å². The maximum Gasteiger partial charge on any atom is 0.417 e. The van der Waals surface area contributed by atoms with Crippen molar-refractivity contribution >= 4 is 11.6 Å². The Morgan fingerprint density at radius 1 is 1.33 bits per heavy atom. The molecule has 0 aliphatic carbocycles. The average molecular weight is 430 g/mol. The lowest BCUT2D eigenvalue weighted by Crippen LogP contribution is -2.31. The number of hydrogen-bond donors (Lipinski definition) is 0. The van der Waals surface area contributed by atoms with E-state index in [9.17, 15) is 26.7 Å². The van der Waals surface area contributed by atoms with Gasteiger partial charge in [0, 0.05) is 19.3 Å². The Morgan fingerprint density at radius 2 is 2.13 bits per heavy atom. The molecule has 0 saturated carbocycles. The van der Waals surface area contributed by atoms with Crippen molar-refractivity contribution in [3.8, 4) is 11.3 Å². The Morgan fingerprint density at radius 3 is 2.80 bits per heavy atom. The highest BCUT2D eigenvalue weighted by molar-refractivity contribution is 5.94. The summed E-state index contributed by atoms with van der Waals surface area (Å²) in [4.78, 5) is 22.1. The van der Waals surface area contributed by atoms with Gasteiger partial charge >= 0.3 is 6.18 Å². The highest BCUT2D eigenvalue weighted by Gasteiger charge is 2.34. The van der Waals surface area contributed by atoms with Gasteiger partial charge in [-0.2, -0.15) is 13.2 Å². The van der Waals surface area contributed by atoms with Gasteiger partial charge in [-0.3, -0.25) is 9.20 Å². The summed E-state index contributed by atoms with van der Waals surface area (Å²) >= 11 is 0. The van der Waals surface area contributed by atoms with Crippen LogP contribution in [-0.2, 0) is 10.9 Å². The van der Waals surface area contributed by atoms with Crippen LogP contribution in [0.5, 0.6) is 0 Å². The molecule has 0 radical (unpaired) electrons. The maximum atomic E-state index is 13.4. The number of pyridine rings is 1. The number of rotatable bonds is 5. The average Bonchev–Trinajstić information content (AvgIpc) is 3.44. The number of imidazole rings is 1. The molecule has 0 bridgehead atoms. The third-order valence-electron chi connectivity index (χ3n) is 4.74. The van der Waals surface area contributed by atoms with E-state index in [1.807, 2.05) is 0 Å². The predicted octanol–water partition coefficient (Wildman–Crippen LogP) is 3.50. The van der Waals surface area contributed by atoms with E-state index in [0.717, 1.165) is 23.1 Å². The summed E-state index contributed by atoms with van der Waals surface area (Å²) < 4.78 is 76.1. The van der Waals surface area contributed by atoms with Crippen LogP contribution in [0.1, 0.15) is 22.5 Å². The van der Waals surface area contributed by atoms with Crippen LogP contribution < -0.4 is 0 Å². The first kappa shape index (κ1) is 20.3. The van der Waals surface area contributed by atoms with E-state index in [2.05, 4.69) is 9.97 Å². The van der Waals surface area contributed by atoms with Gasteiger partial charge < -0.3 is 14.1 Å². The minimum absolute atomic E-state index is 0.0286. The van der Waals surface area contributed by atoms with Gasteiger partial charge in [0.05, 0.1) is 29.6 Å². The lowest BCUT2D eigenvalue weighted by Gasteiger charge is -2.17. The second-order valence-electron chi connectivity index (χ2n) is 6.73. The smallest absolute Gasteiger partial charge is 0.417 e. The van der Waals surface area contributed by atoms with Crippen LogP contribution in [0.2, 0.25) is 0 Å². The van der Waals surface area contributed by atoms with Crippen LogP contribution in [0.25, 0.3) is 17.0 Å². The van der Waals surface area contributed by atoms with E-state index in [0.29, 0.717) is 6.42 Å². The fourth-order valence-corrected chi connectivity index (χ4v) is 3.35. The van der Waals surface area contributed by atoms with Gasteiger partial charge in [-0.1, -0.05) is 0 Å². The van der Waals surface area contributed by atoms with Gasteiger partial charge in [0.15, 0.2) is 12.2 Å². The van der Waals surface area contributed by atoms with Crippen molar-refractivity contribution in [2.24, 2.45) is 0 Å². The number of amides is 1. The Balaban J connectivity index is 1.68. The molecule has 1 fully saturated rings. The Bertz CT molecular complexity index is 1050. The quantitative estimate of drug-likeness (QED) is 0.580. The van der Waals surface area contributed by atoms with Crippen LogP contribution in [0.3, 0.4) is 0 Å². The SMILES string of the molecule is O=C(c1cnc2c(-c3cnco3)cc(C(F)(F)F)cn12)N1CCC(OCC(F)F)C1. The summed E-state index contributed by atoms with van der Waals surface area (Å²) in [7, 11) is 0. The van der Waals surface area contributed by atoms with Crippen molar-refractivity contribution in [2.45, 2.75) is 25.1 Å². The molecule has 7 nitrogen and oxygen atoms in total. The molecular formula is C18H15F5N4O3. The zero-order valence-corrected chi connectivity index (χ0v) is 15.3. The first-order chi connectivity index (χ1) is 14.2. The number of carbonyl (C=O) groups excluding carboxylic acids is 1. The Kier molecular flexibility index (Phi) is 5.18. The molecular weight excluding hydrogens is 415 g/mol. The van der Waals surface area contributed by atoms with E-state index >= 15 is 0 Å². The second kappa shape index (κ2) is 7.67. The van der Waals surface area contributed by atoms with Crippen molar-refractivity contribution < 1.29 is 35.9 Å². The summed E-state index contributed by atoms with van der Waals surface area (Å²) in [5.74, 6) is -0.508. The second-order valence-corrected chi connectivity index (χ2v) is 6.73. The molecule has 1 unspecified atom stereocenters. The number of alkyl halides is 5. The van der Waals surface area contributed by atoms with Crippen LogP contribution in [0, 0.1) is 0 Å². The molecule has 4 heterocycles. The molecule has 1 aliphatic heterocycles. The molecule has 160 valence electrons. The van der Waals surface area contributed by atoms with Crippen LogP contribution in [0.15, 0.2) is 35.5 Å². The van der Waals surface area contributed by atoms with E-state index < -0.39 is 36.8 Å². The zero-order valence-electron chi connectivity index (χ0n) is 15.3. The van der Waals surface area contributed by atoms with Crippen molar-refractivity contribution in [3.05, 3.63) is 42.3 Å². The summed E-state index contributed by atoms with van der Waals surface area (Å²) in [5.41, 5.74) is -0.965. The van der Waals surface area contributed by atoms with E-state index in [-0.39, 0.29) is 35.8 Å². The normalized spacial score (nSPS) is 17.4. The summed E-state index contributed by atoms with van der Waals surface area (Å²) in [6, 6.07) is 0.876. The third kappa shape index (κ3) is 3.86. The fraction of sp³-hybridized carbons (Fsp3) is 0.389. The topological polar surface area (TPSA) is 72.9 Å². The minimum Gasteiger partial charge on any atom is -0.443 e. The fourth-order valence-electron chi connectivity index (χ4n) is 3.35. The van der Waals surface area contributed by atoms with Gasteiger partial charge in [-0.25, -0.2) is 18.7 Å². The monoisotopic (exact) mass is 430 g/mol. The number of oxazole rings is 1. The zero-order chi connectivity index (χ0) is 21.5. The van der Waals surface area contributed by atoms with Crippen molar-refractivity contribution in [2.75, 3.05) is 19.7 Å². The summed E-state index contributed by atoms with van der Waals surface area (Å²) in [6.07, 6.45) is -3.22. The molecule has 1 atom stereocenters. The highest BCUT2D eigenvalue weighted by Crippen LogP contribution is 2.34. The molecule has 0 aromatic carbocycles. The third-order valence-corrected chi connectivity index (χ3v) is 4.74. The first-order valence-electron chi connectivity index (χ1n) is 8.90. The van der Waals surface area contributed by atoms with E-state index in [4.69, 9.17) is 9.15 Å². The van der Waals surface area contributed by atoms with Crippen molar-refractivity contribution in [3.63, 3.8) is 0 Å². The Hall–Kier alpha value is -3.02. The van der Waals surface area contributed by atoms with Crippen LogP contribution >= 0.6 is 0 Å². The van der Waals surface area contributed by atoms with Gasteiger partial charge in [0.2, 0.25) is 0 Å². The van der Waals surface area contributed by atoms with Gasteiger partial charge in [0.25, 0.3) is 12.3 Å². The molecule has 3 aromatic rings. The number of nitrogens with zero attached hydrogens (tertiary/aromatic N) is 4. The maximum absolute atomic E-state index is 13.4. The number of ether oxygens (including phenoxy) is 1. The largest absolute Gasteiger partial charge is 0.443 e. The van der Waals surface area contributed by atoms with Gasteiger partial charge in [-0.15, -0.1) is 0 Å². The minimum atomic E-state index is -4.67. The number of aromatic nitrogens is 3.